The predicted molar refractivity (Wildman–Crippen MR) is 67.5 cm³/mol. The fourth-order valence-corrected chi connectivity index (χ4v) is 2.85. The highest BCUT2D eigenvalue weighted by atomic mass is 15.0. The van der Waals surface area contributed by atoms with Crippen LogP contribution < -0.4 is 10.6 Å². The molecule has 16 heavy (non-hydrogen) atoms. The lowest BCUT2D eigenvalue weighted by Gasteiger charge is -2.37. The van der Waals surface area contributed by atoms with Crippen LogP contribution >= 0.6 is 0 Å². The van der Waals surface area contributed by atoms with Gasteiger partial charge in [-0.3, -0.25) is 0 Å². The second-order valence-electron chi connectivity index (χ2n) is 6.15. The first-order valence-corrected chi connectivity index (χ1v) is 7.38. The van der Waals surface area contributed by atoms with Crippen molar-refractivity contribution in [1.82, 2.24) is 10.6 Å². The maximum Gasteiger partial charge on any atom is 0.00683 e. The summed E-state index contributed by atoms with van der Waals surface area (Å²) in [5.41, 5.74) is 0. The summed E-state index contributed by atoms with van der Waals surface area (Å²) in [7, 11) is 0. The van der Waals surface area contributed by atoms with Crippen molar-refractivity contribution in [1.29, 1.82) is 0 Å². The predicted octanol–water partition coefficient (Wildman–Crippen LogP) is 2.30. The van der Waals surface area contributed by atoms with E-state index in [1.165, 1.54) is 64.5 Å². The van der Waals surface area contributed by atoms with Gasteiger partial charge in [0, 0.05) is 12.1 Å². The highest BCUT2D eigenvalue weighted by molar-refractivity contribution is 4.87. The zero-order valence-corrected chi connectivity index (χ0v) is 10.4. The summed E-state index contributed by atoms with van der Waals surface area (Å²) >= 11 is 0. The molecule has 3 aliphatic carbocycles. The van der Waals surface area contributed by atoms with Gasteiger partial charge in [-0.2, -0.15) is 0 Å². The average Bonchev–Trinajstić information content (AvgIpc) is 3.11. The molecule has 0 heterocycles. The Bertz CT molecular complexity index is 221. The van der Waals surface area contributed by atoms with Crippen molar-refractivity contribution < 1.29 is 0 Å². The lowest BCUT2D eigenvalue weighted by molar-refractivity contribution is 0.157. The van der Waals surface area contributed by atoms with Crippen LogP contribution in [0, 0.1) is 11.8 Å². The van der Waals surface area contributed by atoms with Gasteiger partial charge in [0.05, 0.1) is 0 Å². The number of rotatable bonds is 8. The summed E-state index contributed by atoms with van der Waals surface area (Å²) in [4.78, 5) is 0. The molecule has 3 aliphatic rings. The Morgan fingerprint density at radius 3 is 2.06 bits per heavy atom. The van der Waals surface area contributed by atoms with Gasteiger partial charge < -0.3 is 10.6 Å². The molecule has 0 saturated heterocycles. The van der Waals surface area contributed by atoms with Crippen molar-refractivity contribution >= 4 is 0 Å². The van der Waals surface area contributed by atoms with Gasteiger partial charge in [-0.25, -0.2) is 0 Å². The molecule has 2 heteroatoms. The van der Waals surface area contributed by atoms with Gasteiger partial charge in [0.15, 0.2) is 0 Å². The van der Waals surface area contributed by atoms with E-state index in [0.29, 0.717) is 0 Å². The van der Waals surface area contributed by atoms with Gasteiger partial charge in [-0.05, 0) is 76.3 Å². The van der Waals surface area contributed by atoms with Crippen molar-refractivity contribution in [3.63, 3.8) is 0 Å². The van der Waals surface area contributed by atoms with Crippen molar-refractivity contribution in [3.8, 4) is 0 Å². The maximum atomic E-state index is 3.69. The molecule has 3 saturated carbocycles. The van der Waals surface area contributed by atoms with Gasteiger partial charge in [0.2, 0.25) is 0 Å². The molecular weight excluding hydrogens is 196 g/mol. The van der Waals surface area contributed by atoms with E-state index < -0.39 is 0 Å². The third-order valence-electron chi connectivity index (χ3n) is 4.58. The quantitative estimate of drug-likeness (QED) is 0.616. The third-order valence-corrected chi connectivity index (χ3v) is 4.58. The van der Waals surface area contributed by atoms with E-state index in [1.54, 1.807) is 0 Å². The standard InChI is InChI=1S/C14H26N2/c1(9-15-13-5-6-13)2-11-3-4-12(11)10-16-14-7-8-14/h11-16H,1-10H2. The van der Waals surface area contributed by atoms with Crippen LogP contribution in [0.15, 0.2) is 0 Å². The summed E-state index contributed by atoms with van der Waals surface area (Å²) in [5.74, 6) is 2.06. The zero-order valence-electron chi connectivity index (χ0n) is 10.4. The molecule has 92 valence electrons. The summed E-state index contributed by atoms with van der Waals surface area (Å²) in [6.45, 7) is 2.58. The normalized spacial score (nSPS) is 33.8. The van der Waals surface area contributed by atoms with Gasteiger partial charge in [-0.15, -0.1) is 0 Å². The number of hydrogen-bond donors (Lipinski definition) is 2. The van der Waals surface area contributed by atoms with E-state index in [2.05, 4.69) is 10.6 Å². The molecule has 3 rings (SSSR count). The van der Waals surface area contributed by atoms with Crippen molar-refractivity contribution in [2.45, 2.75) is 63.5 Å². The van der Waals surface area contributed by atoms with Crippen LogP contribution in [-0.2, 0) is 0 Å². The molecule has 0 aliphatic heterocycles. The summed E-state index contributed by atoms with van der Waals surface area (Å²) in [6, 6.07) is 1.80. The van der Waals surface area contributed by atoms with Crippen LogP contribution in [0.3, 0.4) is 0 Å². The van der Waals surface area contributed by atoms with Crippen LogP contribution in [0.25, 0.3) is 0 Å². The van der Waals surface area contributed by atoms with Crippen LogP contribution in [0.1, 0.15) is 51.4 Å². The second-order valence-corrected chi connectivity index (χ2v) is 6.15. The minimum Gasteiger partial charge on any atom is -0.314 e. The van der Waals surface area contributed by atoms with E-state index in [0.717, 1.165) is 23.9 Å². The lowest BCUT2D eigenvalue weighted by Crippen LogP contribution is -2.36. The smallest absolute Gasteiger partial charge is 0.00683 e. The Kier molecular flexibility index (Phi) is 3.49. The molecule has 2 nitrogen and oxygen atoms in total. The molecule has 2 N–H and O–H groups in total. The Labute approximate surface area is 99.6 Å². The van der Waals surface area contributed by atoms with Crippen LogP contribution in [0.2, 0.25) is 0 Å². The summed E-state index contributed by atoms with van der Waals surface area (Å²) in [6.07, 6.45) is 11.6. The SMILES string of the molecule is C(CNC1CC1)CC1CCC1CNC1CC1. The molecule has 0 aromatic heterocycles. The van der Waals surface area contributed by atoms with Crippen molar-refractivity contribution in [2.24, 2.45) is 11.8 Å². The van der Waals surface area contributed by atoms with Crippen molar-refractivity contribution in [2.75, 3.05) is 13.1 Å². The molecule has 0 aromatic carbocycles. The second kappa shape index (κ2) is 5.05. The van der Waals surface area contributed by atoms with E-state index >= 15 is 0 Å². The topological polar surface area (TPSA) is 24.1 Å². The molecule has 0 amide bonds. The van der Waals surface area contributed by atoms with Gasteiger partial charge in [-0.1, -0.05) is 0 Å². The molecule has 3 fully saturated rings. The molecular formula is C14H26N2. The Morgan fingerprint density at radius 1 is 0.750 bits per heavy atom. The van der Waals surface area contributed by atoms with Crippen LogP contribution in [0.5, 0.6) is 0 Å². The van der Waals surface area contributed by atoms with E-state index in [9.17, 15) is 0 Å². The number of nitrogens with one attached hydrogen (secondary N) is 2. The summed E-state index contributed by atoms with van der Waals surface area (Å²) < 4.78 is 0. The molecule has 2 unspecified atom stereocenters. The van der Waals surface area contributed by atoms with Crippen LogP contribution in [0.4, 0.5) is 0 Å². The van der Waals surface area contributed by atoms with E-state index in [4.69, 9.17) is 0 Å². The molecule has 0 spiro atoms. The largest absolute Gasteiger partial charge is 0.314 e. The highest BCUT2D eigenvalue weighted by Gasteiger charge is 2.31. The average molecular weight is 222 g/mol. The fourth-order valence-electron chi connectivity index (χ4n) is 2.85. The summed E-state index contributed by atoms with van der Waals surface area (Å²) in [5, 5.41) is 7.31. The highest BCUT2D eigenvalue weighted by Crippen LogP contribution is 2.37. The monoisotopic (exact) mass is 222 g/mol. The zero-order chi connectivity index (χ0) is 10.8. The number of hydrogen-bond acceptors (Lipinski definition) is 2. The van der Waals surface area contributed by atoms with E-state index in [-0.39, 0.29) is 0 Å². The minimum atomic E-state index is 0.897. The first kappa shape index (κ1) is 11.0. The first-order chi connectivity index (χ1) is 7.92. The Balaban J connectivity index is 1.23. The minimum absolute atomic E-state index is 0.897. The fraction of sp³-hybridized carbons (Fsp3) is 1.00. The lowest BCUT2D eigenvalue weighted by atomic mass is 9.71. The van der Waals surface area contributed by atoms with E-state index in [1.807, 2.05) is 0 Å². The van der Waals surface area contributed by atoms with Gasteiger partial charge in [0.25, 0.3) is 0 Å². The van der Waals surface area contributed by atoms with Gasteiger partial charge in [0.1, 0.15) is 0 Å². The third kappa shape index (κ3) is 3.21. The molecule has 0 aromatic rings. The molecule has 2 atom stereocenters. The van der Waals surface area contributed by atoms with Crippen LogP contribution in [-0.4, -0.2) is 25.2 Å². The molecule has 0 bridgehead atoms. The Hall–Kier alpha value is -0.0800. The Morgan fingerprint density at radius 2 is 1.44 bits per heavy atom. The van der Waals surface area contributed by atoms with Gasteiger partial charge >= 0.3 is 0 Å². The molecule has 0 radical (unpaired) electrons. The van der Waals surface area contributed by atoms with Crippen molar-refractivity contribution in [3.05, 3.63) is 0 Å². The first-order valence-electron chi connectivity index (χ1n) is 7.38. The maximum absolute atomic E-state index is 3.69.